The maximum atomic E-state index is 13.7. The van der Waals surface area contributed by atoms with Crippen molar-refractivity contribution in [3.63, 3.8) is 0 Å². The number of ether oxygens (including phenoxy) is 1. The molecule has 0 spiro atoms. The smallest absolute Gasteiger partial charge is 0.229 e. The summed E-state index contributed by atoms with van der Waals surface area (Å²) in [6.45, 7) is 1.32. The molecule has 8 nitrogen and oxygen atoms in total. The fraction of sp³-hybridized carbons (Fsp3) is 0.467. The Kier molecular flexibility index (Phi) is 8.36. The van der Waals surface area contributed by atoms with Crippen molar-refractivity contribution in [3.8, 4) is 5.75 Å². The van der Waals surface area contributed by atoms with Crippen LogP contribution in [0.25, 0.3) is 0 Å². The maximum Gasteiger partial charge on any atom is 0.229 e. The predicted molar refractivity (Wildman–Crippen MR) is 143 cm³/mol. The molecule has 2 heterocycles. The molecule has 0 unspecified atom stereocenters. The highest BCUT2D eigenvalue weighted by Crippen LogP contribution is 2.41. The summed E-state index contributed by atoms with van der Waals surface area (Å²) in [5.41, 5.74) is 2.02. The number of nitrogens with one attached hydrogen (secondary N) is 1. The molecule has 0 bridgehead atoms. The fourth-order valence-electron chi connectivity index (χ4n) is 5.76. The second-order valence-electron chi connectivity index (χ2n) is 10.4. The molecule has 3 aromatic rings. The number of nitrogens with zero attached hydrogens (tertiary/aromatic N) is 3. The van der Waals surface area contributed by atoms with Crippen LogP contribution >= 0.6 is 0 Å². The molecule has 5 rings (SSSR count). The molecule has 1 aliphatic heterocycles. The number of amides is 2. The lowest BCUT2D eigenvalue weighted by Gasteiger charge is -2.33. The first-order valence-corrected chi connectivity index (χ1v) is 13.7. The van der Waals surface area contributed by atoms with Crippen molar-refractivity contribution in [1.82, 2.24) is 20.4 Å². The Morgan fingerprint density at radius 2 is 1.87 bits per heavy atom. The first-order valence-electron chi connectivity index (χ1n) is 13.7. The van der Waals surface area contributed by atoms with Gasteiger partial charge in [-0.2, -0.15) is 4.98 Å². The van der Waals surface area contributed by atoms with E-state index in [4.69, 9.17) is 14.2 Å². The van der Waals surface area contributed by atoms with Crippen molar-refractivity contribution in [3.05, 3.63) is 77.4 Å². The average molecular weight is 517 g/mol. The number of fused-ring (bicyclic) bond motifs is 1. The molecule has 2 aliphatic rings. The van der Waals surface area contributed by atoms with Crippen LogP contribution in [-0.4, -0.2) is 53.1 Å². The fourth-order valence-corrected chi connectivity index (χ4v) is 5.76. The van der Waals surface area contributed by atoms with Gasteiger partial charge in [-0.1, -0.05) is 60.5 Å². The van der Waals surface area contributed by atoms with E-state index in [-0.39, 0.29) is 36.1 Å². The summed E-state index contributed by atoms with van der Waals surface area (Å²) in [5.74, 6) is 1.60. The van der Waals surface area contributed by atoms with E-state index in [1.54, 1.807) is 7.11 Å². The number of hydrogen-bond acceptors (Lipinski definition) is 6. The van der Waals surface area contributed by atoms with Crippen LogP contribution in [0.2, 0.25) is 0 Å². The van der Waals surface area contributed by atoms with E-state index in [2.05, 4.69) is 10.5 Å². The normalized spacial score (nSPS) is 22.3. The molecule has 1 aromatic heterocycles. The van der Waals surface area contributed by atoms with Gasteiger partial charge in [0.05, 0.1) is 19.4 Å². The Morgan fingerprint density at radius 3 is 2.71 bits per heavy atom. The van der Waals surface area contributed by atoms with Crippen molar-refractivity contribution < 1.29 is 18.8 Å². The average Bonchev–Trinajstić information content (AvgIpc) is 3.57. The minimum absolute atomic E-state index is 0.0163. The Balaban J connectivity index is 1.36. The third kappa shape index (κ3) is 6.23. The molecule has 0 radical (unpaired) electrons. The van der Waals surface area contributed by atoms with Crippen LogP contribution in [-0.2, 0) is 22.4 Å². The summed E-state index contributed by atoms with van der Waals surface area (Å²) in [6, 6.07) is 17.5. The highest BCUT2D eigenvalue weighted by Gasteiger charge is 2.45. The second-order valence-corrected chi connectivity index (χ2v) is 10.4. The minimum atomic E-state index is -0.308. The SMILES string of the molecule is COc1cccc(CC(=O)N2CCCCCCNC(=O)[C@@H]3C[C@@H](c4nc(Cc5ccccc5)no4)C[C@@H]32)c1. The number of rotatable bonds is 6. The van der Waals surface area contributed by atoms with Crippen molar-refractivity contribution in [1.29, 1.82) is 0 Å². The lowest BCUT2D eigenvalue weighted by molar-refractivity contribution is -0.136. The van der Waals surface area contributed by atoms with Crippen molar-refractivity contribution in [2.75, 3.05) is 20.2 Å². The van der Waals surface area contributed by atoms with Gasteiger partial charge in [0.25, 0.3) is 0 Å². The summed E-state index contributed by atoms with van der Waals surface area (Å²) >= 11 is 0. The molecule has 2 amide bonds. The third-order valence-electron chi connectivity index (χ3n) is 7.74. The van der Waals surface area contributed by atoms with E-state index < -0.39 is 0 Å². The highest BCUT2D eigenvalue weighted by atomic mass is 16.5. The van der Waals surface area contributed by atoms with E-state index in [0.717, 1.165) is 42.6 Å². The van der Waals surface area contributed by atoms with Crippen molar-refractivity contribution >= 4 is 11.8 Å². The van der Waals surface area contributed by atoms with Crippen LogP contribution in [0.1, 0.15) is 67.3 Å². The number of benzene rings is 2. The van der Waals surface area contributed by atoms with E-state index in [1.807, 2.05) is 59.5 Å². The molecule has 2 fully saturated rings. The lowest BCUT2D eigenvalue weighted by atomic mass is 9.99. The van der Waals surface area contributed by atoms with E-state index in [1.165, 1.54) is 0 Å². The van der Waals surface area contributed by atoms with Gasteiger partial charge in [-0.05, 0) is 48.9 Å². The Bertz CT molecular complexity index is 1230. The van der Waals surface area contributed by atoms with Gasteiger partial charge in [0.15, 0.2) is 5.82 Å². The topological polar surface area (TPSA) is 97.6 Å². The summed E-state index contributed by atoms with van der Waals surface area (Å²) in [6.07, 6.45) is 6.05. The molecule has 200 valence electrons. The van der Waals surface area contributed by atoms with Gasteiger partial charge in [-0.25, -0.2) is 0 Å². The molecule has 1 N–H and O–H groups in total. The van der Waals surface area contributed by atoms with Crippen LogP contribution < -0.4 is 10.1 Å². The molecular formula is C30H36N4O4. The molecular weight excluding hydrogens is 480 g/mol. The first-order chi connectivity index (χ1) is 18.6. The standard InChI is InChI=1S/C30H36N4O4/c1-37-24-13-9-12-22(16-24)18-28(35)34-15-8-3-2-7-14-31-29(36)25-19-23(20-26(25)34)30-32-27(33-38-30)17-21-10-5-4-6-11-21/h4-6,9-13,16,23,25-26H,2-3,7-8,14-15,17-20H2,1H3,(H,31,36)/t23-,25-,26+/m1/s1. The molecule has 1 saturated heterocycles. The molecule has 38 heavy (non-hydrogen) atoms. The monoisotopic (exact) mass is 516 g/mol. The zero-order valence-electron chi connectivity index (χ0n) is 22.0. The Morgan fingerprint density at radius 1 is 1.05 bits per heavy atom. The van der Waals surface area contributed by atoms with Gasteiger partial charge in [0.1, 0.15) is 5.75 Å². The van der Waals surface area contributed by atoms with E-state index in [9.17, 15) is 9.59 Å². The predicted octanol–water partition coefficient (Wildman–Crippen LogP) is 4.29. The Labute approximate surface area is 223 Å². The number of carbonyl (C=O) groups excluding carboxylic acids is 2. The van der Waals surface area contributed by atoms with Crippen LogP contribution in [0.5, 0.6) is 5.75 Å². The molecule has 1 aliphatic carbocycles. The minimum Gasteiger partial charge on any atom is -0.497 e. The third-order valence-corrected chi connectivity index (χ3v) is 7.74. The van der Waals surface area contributed by atoms with Gasteiger partial charge in [0.2, 0.25) is 17.7 Å². The maximum absolute atomic E-state index is 13.7. The van der Waals surface area contributed by atoms with Gasteiger partial charge in [0, 0.05) is 31.5 Å². The summed E-state index contributed by atoms with van der Waals surface area (Å²) in [5, 5.41) is 7.34. The van der Waals surface area contributed by atoms with Crippen LogP contribution in [0, 0.1) is 5.92 Å². The summed E-state index contributed by atoms with van der Waals surface area (Å²) in [4.78, 5) is 33.7. The van der Waals surface area contributed by atoms with Gasteiger partial charge < -0.3 is 19.5 Å². The van der Waals surface area contributed by atoms with Crippen LogP contribution in [0.4, 0.5) is 0 Å². The Hall–Kier alpha value is -3.68. The van der Waals surface area contributed by atoms with Gasteiger partial charge >= 0.3 is 0 Å². The molecule has 3 atom stereocenters. The van der Waals surface area contributed by atoms with Crippen molar-refractivity contribution in [2.24, 2.45) is 5.92 Å². The zero-order valence-corrected chi connectivity index (χ0v) is 22.0. The van der Waals surface area contributed by atoms with E-state index >= 15 is 0 Å². The summed E-state index contributed by atoms with van der Waals surface area (Å²) < 4.78 is 11.0. The second kappa shape index (κ2) is 12.2. The number of aromatic nitrogens is 2. The van der Waals surface area contributed by atoms with Gasteiger partial charge in [-0.3, -0.25) is 9.59 Å². The van der Waals surface area contributed by atoms with Gasteiger partial charge in [-0.15, -0.1) is 0 Å². The quantitative estimate of drug-likeness (QED) is 0.525. The largest absolute Gasteiger partial charge is 0.497 e. The number of carbonyl (C=O) groups is 2. The van der Waals surface area contributed by atoms with Crippen LogP contribution in [0.15, 0.2) is 59.1 Å². The number of hydrogen-bond donors (Lipinski definition) is 1. The lowest BCUT2D eigenvalue weighted by Crippen LogP contribution is -2.47. The van der Waals surface area contributed by atoms with E-state index in [0.29, 0.717) is 44.1 Å². The molecule has 2 aromatic carbocycles. The highest BCUT2D eigenvalue weighted by molar-refractivity contribution is 5.83. The molecule has 1 saturated carbocycles. The molecule has 8 heteroatoms. The van der Waals surface area contributed by atoms with Crippen LogP contribution in [0.3, 0.4) is 0 Å². The summed E-state index contributed by atoms with van der Waals surface area (Å²) in [7, 11) is 1.62. The zero-order chi connectivity index (χ0) is 26.3. The van der Waals surface area contributed by atoms with Crippen molar-refractivity contribution in [2.45, 2.75) is 63.3 Å². The number of methoxy groups -OCH3 is 1. The first kappa shape index (κ1) is 25.9.